The van der Waals surface area contributed by atoms with Crippen LogP contribution in [0.3, 0.4) is 0 Å². The van der Waals surface area contributed by atoms with Gasteiger partial charge in [-0.25, -0.2) is 4.39 Å². The van der Waals surface area contributed by atoms with Gasteiger partial charge in [0.1, 0.15) is 5.82 Å². The van der Waals surface area contributed by atoms with Crippen molar-refractivity contribution < 1.29 is 18.7 Å². The van der Waals surface area contributed by atoms with E-state index in [1.54, 1.807) is 18.2 Å². The number of carbonyl (C=O) groups excluding carboxylic acids is 2. The second kappa shape index (κ2) is 7.51. The lowest BCUT2D eigenvalue weighted by Crippen LogP contribution is -2.54. The molecule has 0 unspecified atom stereocenters. The van der Waals surface area contributed by atoms with E-state index < -0.39 is 17.6 Å². The molecule has 3 rings (SSSR count). The fraction of sp³-hybridized carbons (Fsp3) is 0.222. The normalized spacial score (nSPS) is 14.8. The van der Waals surface area contributed by atoms with E-state index in [4.69, 9.17) is 27.9 Å². The Morgan fingerprint density at radius 3 is 2.54 bits per heavy atom. The highest BCUT2D eigenvalue weighted by Gasteiger charge is 2.35. The zero-order valence-electron chi connectivity index (χ0n) is 13.8. The van der Waals surface area contributed by atoms with Crippen LogP contribution in [0.4, 0.5) is 10.1 Å². The lowest BCUT2D eigenvalue weighted by Gasteiger charge is -2.34. The first-order chi connectivity index (χ1) is 12.4. The molecule has 1 aliphatic heterocycles. The van der Waals surface area contributed by atoms with Crippen LogP contribution in [-0.4, -0.2) is 36.9 Å². The number of anilines is 1. The maximum atomic E-state index is 13.2. The molecule has 8 heteroatoms. The number of piperazine rings is 1. The molecule has 2 aromatic rings. The summed E-state index contributed by atoms with van der Waals surface area (Å²) in [7, 11) is 1.45. The van der Waals surface area contributed by atoms with Gasteiger partial charge < -0.3 is 9.64 Å². The van der Waals surface area contributed by atoms with Gasteiger partial charge in [-0.15, -0.1) is 0 Å². The van der Waals surface area contributed by atoms with Gasteiger partial charge in [0.05, 0.1) is 17.8 Å². The Morgan fingerprint density at radius 1 is 1.08 bits per heavy atom. The van der Waals surface area contributed by atoms with Gasteiger partial charge in [-0.05, 0) is 29.8 Å². The highest BCUT2D eigenvalue weighted by atomic mass is 35.5. The highest BCUT2D eigenvalue weighted by molar-refractivity contribution is 6.41. The fourth-order valence-electron chi connectivity index (χ4n) is 2.82. The number of para-hydroxylation sites is 1. The number of nitrogens with zero attached hydrogens (tertiary/aromatic N) is 2. The highest BCUT2D eigenvalue weighted by Crippen LogP contribution is 2.36. The number of rotatable bonds is 4. The van der Waals surface area contributed by atoms with Crippen molar-refractivity contribution >= 4 is 40.7 Å². The summed E-state index contributed by atoms with van der Waals surface area (Å²) in [6, 6.07) is 8.94. The molecule has 0 bridgehead atoms. The molecule has 2 amide bonds. The number of benzene rings is 2. The Labute approximate surface area is 159 Å². The number of hydrogen-bond acceptors (Lipinski definition) is 3. The largest absolute Gasteiger partial charge is 0.493 e. The average Bonchev–Trinajstić information content (AvgIpc) is 2.61. The third-order valence-corrected chi connectivity index (χ3v) is 4.78. The van der Waals surface area contributed by atoms with Crippen LogP contribution >= 0.6 is 23.2 Å². The van der Waals surface area contributed by atoms with Crippen LogP contribution in [0.15, 0.2) is 36.4 Å². The topological polar surface area (TPSA) is 49.9 Å². The summed E-state index contributed by atoms with van der Waals surface area (Å²) in [5, 5.41) is 0.565. The van der Waals surface area contributed by atoms with Gasteiger partial charge in [0, 0.05) is 24.7 Å². The molecule has 1 heterocycles. The zero-order chi connectivity index (χ0) is 18.8. The molecule has 26 heavy (non-hydrogen) atoms. The number of methoxy groups -OCH3 is 1. The Morgan fingerprint density at radius 2 is 1.85 bits per heavy atom. The van der Waals surface area contributed by atoms with E-state index in [1.165, 1.54) is 35.1 Å². The summed E-state index contributed by atoms with van der Waals surface area (Å²) < 4.78 is 18.4. The third-order valence-electron chi connectivity index (χ3n) is 4.13. The van der Waals surface area contributed by atoms with Crippen LogP contribution in [0.1, 0.15) is 5.56 Å². The monoisotopic (exact) mass is 396 g/mol. The van der Waals surface area contributed by atoms with E-state index in [-0.39, 0.29) is 18.1 Å². The molecular formula is C18H15Cl2FN2O3. The van der Waals surface area contributed by atoms with Crippen LogP contribution in [0.25, 0.3) is 0 Å². The SMILES string of the molecule is COc1c(Cl)cccc1N1CCN(Cc2ccc(F)cc2Cl)C(=O)C1=O. The lowest BCUT2D eigenvalue weighted by atomic mass is 10.1. The summed E-state index contributed by atoms with van der Waals surface area (Å²) in [5.41, 5.74) is 1.01. The van der Waals surface area contributed by atoms with Crippen molar-refractivity contribution in [3.05, 3.63) is 57.8 Å². The Balaban J connectivity index is 1.81. The number of amides is 2. The molecule has 0 atom stereocenters. The van der Waals surface area contributed by atoms with Crippen molar-refractivity contribution in [2.24, 2.45) is 0 Å². The summed E-state index contributed by atoms with van der Waals surface area (Å²) in [6.45, 7) is 0.707. The molecule has 0 N–H and O–H groups in total. The Bertz CT molecular complexity index is 876. The quantitative estimate of drug-likeness (QED) is 0.742. The van der Waals surface area contributed by atoms with Gasteiger partial charge in [0.15, 0.2) is 5.75 Å². The van der Waals surface area contributed by atoms with E-state index in [0.29, 0.717) is 28.6 Å². The number of hydrogen-bond donors (Lipinski definition) is 0. The molecule has 0 saturated carbocycles. The van der Waals surface area contributed by atoms with Crippen LogP contribution in [0.5, 0.6) is 5.75 Å². The first-order valence-electron chi connectivity index (χ1n) is 7.79. The minimum Gasteiger partial charge on any atom is -0.493 e. The average molecular weight is 397 g/mol. The lowest BCUT2D eigenvalue weighted by molar-refractivity contribution is -0.146. The van der Waals surface area contributed by atoms with Crippen molar-refractivity contribution in [2.45, 2.75) is 6.54 Å². The van der Waals surface area contributed by atoms with Crippen LogP contribution in [-0.2, 0) is 16.1 Å². The number of carbonyl (C=O) groups is 2. The molecule has 0 aliphatic carbocycles. The Kier molecular flexibility index (Phi) is 5.34. The smallest absolute Gasteiger partial charge is 0.316 e. The van der Waals surface area contributed by atoms with Gasteiger partial charge in [-0.3, -0.25) is 14.5 Å². The molecule has 0 radical (unpaired) electrons. The molecule has 5 nitrogen and oxygen atoms in total. The number of ether oxygens (including phenoxy) is 1. The minimum absolute atomic E-state index is 0.129. The summed E-state index contributed by atoms with van der Waals surface area (Å²) >= 11 is 12.1. The van der Waals surface area contributed by atoms with Crippen molar-refractivity contribution in [2.75, 3.05) is 25.1 Å². The molecule has 1 fully saturated rings. The summed E-state index contributed by atoms with van der Waals surface area (Å²) in [6.07, 6.45) is 0. The second-order valence-electron chi connectivity index (χ2n) is 5.71. The van der Waals surface area contributed by atoms with Gasteiger partial charge >= 0.3 is 11.8 Å². The Hall–Kier alpha value is -2.31. The van der Waals surface area contributed by atoms with E-state index in [2.05, 4.69) is 0 Å². The van der Waals surface area contributed by atoms with E-state index in [1.807, 2.05) is 0 Å². The van der Waals surface area contributed by atoms with Crippen LogP contribution in [0.2, 0.25) is 10.0 Å². The van der Waals surface area contributed by atoms with Gasteiger partial charge in [-0.1, -0.05) is 35.3 Å². The molecular weight excluding hydrogens is 382 g/mol. The van der Waals surface area contributed by atoms with Crippen molar-refractivity contribution in [3.8, 4) is 5.75 Å². The predicted octanol–water partition coefficient (Wildman–Crippen LogP) is 3.52. The van der Waals surface area contributed by atoms with Gasteiger partial charge in [-0.2, -0.15) is 0 Å². The fourth-order valence-corrected chi connectivity index (χ4v) is 3.30. The predicted molar refractivity (Wildman–Crippen MR) is 97.2 cm³/mol. The maximum Gasteiger partial charge on any atom is 0.316 e. The molecule has 136 valence electrons. The van der Waals surface area contributed by atoms with Crippen molar-refractivity contribution in [1.82, 2.24) is 4.90 Å². The zero-order valence-corrected chi connectivity index (χ0v) is 15.4. The molecule has 1 aliphatic rings. The standard InChI is InChI=1S/C18H15Cl2FN2O3/c1-26-16-13(19)3-2-4-15(16)23-8-7-22(17(24)18(23)25)10-11-5-6-12(21)9-14(11)20/h2-6,9H,7-8,10H2,1H3. The first kappa shape index (κ1) is 18.5. The van der Waals surface area contributed by atoms with E-state index in [0.717, 1.165) is 0 Å². The molecule has 2 aromatic carbocycles. The summed E-state index contributed by atoms with van der Waals surface area (Å²) in [5.74, 6) is -1.47. The van der Waals surface area contributed by atoms with Gasteiger partial charge in [0.25, 0.3) is 0 Å². The van der Waals surface area contributed by atoms with Crippen molar-refractivity contribution in [1.29, 1.82) is 0 Å². The number of halogens is 3. The van der Waals surface area contributed by atoms with E-state index >= 15 is 0 Å². The second-order valence-corrected chi connectivity index (χ2v) is 6.53. The first-order valence-corrected chi connectivity index (χ1v) is 8.55. The van der Waals surface area contributed by atoms with E-state index in [9.17, 15) is 14.0 Å². The van der Waals surface area contributed by atoms with Gasteiger partial charge in [0.2, 0.25) is 0 Å². The van der Waals surface area contributed by atoms with Crippen molar-refractivity contribution in [3.63, 3.8) is 0 Å². The molecule has 0 aromatic heterocycles. The minimum atomic E-state index is -0.685. The molecule has 1 saturated heterocycles. The maximum absolute atomic E-state index is 13.2. The van der Waals surface area contributed by atoms with Crippen LogP contribution in [0, 0.1) is 5.82 Å². The third kappa shape index (κ3) is 3.48. The van der Waals surface area contributed by atoms with Crippen LogP contribution < -0.4 is 9.64 Å². The molecule has 0 spiro atoms. The summed E-state index contributed by atoms with van der Waals surface area (Å²) in [4.78, 5) is 27.8.